The fourth-order valence-electron chi connectivity index (χ4n) is 2.21. The summed E-state index contributed by atoms with van der Waals surface area (Å²) in [5, 5.41) is 14.0. The van der Waals surface area contributed by atoms with E-state index in [9.17, 15) is 18.5 Å². The number of nitrogens with one attached hydrogen (secondary N) is 1. The Morgan fingerprint density at radius 3 is 2.57 bits per heavy atom. The Balaban J connectivity index is 2.44. The second-order valence-electron chi connectivity index (χ2n) is 4.61. The molecule has 0 saturated carbocycles. The largest absolute Gasteiger partial charge is 0.490 e. The zero-order valence-electron chi connectivity index (χ0n) is 11.8. The van der Waals surface area contributed by atoms with Crippen molar-refractivity contribution in [1.82, 2.24) is 9.62 Å². The SMILES string of the molecule is CCN(C1CNC1)S(=O)(=O)c1ccc(OC)c([N+](=O)[O-])c1. The van der Waals surface area contributed by atoms with Gasteiger partial charge in [0.25, 0.3) is 0 Å². The van der Waals surface area contributed by atoms with Crippen molar-refractivity contribution in [2.45, 2.75) is 17.9 Å². The molecule has 0 aromatic heterocycles. The van der Waals surface area contributed by atoms with Crippen molar-refractivity contribution in [3.05, 3.63) is 28.3 Å². The Morgan fingerprint density at radius 1 is 1.48 bits per heavy atom. The highest BCUT2D eigenvalue weighted by Gasteiger charge is 2.34. The number of sulfonamides is 1. The van der Waals surface area contributed by atoms with Gasteiger partial charge in [0.05, 0.1) is 16.9 Å². The zero-order chi connectivity index (χ0) is 15.6. The highest BCUT2D eigenvalue weighted by Crippen LogP contribution is 2.31. The lowest BCUT2D eigenvalue weighted by molar-refractivity contribution is -0.386. The Hall–Kier alpha value is -1.71. The first-order chi connectivity index (χ1) is 9.91. The molecule has 1 aliphatic rings. The predicted molar refractivity (Wildman–Crippen MR) is 75.9 cm³/mol. The Kier molecular flexibility index (Phi) is 4.45. The van der Waals surface area contributed by atoms with Gasteiger partial charge in [0.1, 0.15) is 0 Å². The molecule has 0 spiro atoms. The van der Waals surface area contributed by atoms with Crippen LogP contribution in [0.2, 0.25) is 0 Å². The Morgan fingerprint density at radius 2 is 2.14 bits per heavy atom. The van der Waals surface area contributed by atoms with Crippen molar-refractivity contribution < 1.29 is 18.1 Å². The number of hydrogen-bond acceptors (Lipinski definition) is 6. The first-order valence-electron chi connectivity index (χ1n) is 6.46. The number of rotatable bonds is 6. The molecule has 1 N–H and O–H groups in total. The van der Waals surface area contributed by atoms with Crippen LogP contribution in [0.3, 0.4) is 0 Å². The minimum atomic E-state index is -3.76. The summed E-state index contributed by atoms with van der Waals surface area (Å²) in [6.07, 6.45) is 0. The van der Waals surface area contributed by atoms with Crippen LogP contribution in [0.5, 0.6) is 5.75 Å². The van der Waals surface area contributed by atoms with Gasteiger partial charge >= 0.3 is 5.69 Å². The first-order valence-corrected chi connectivity index (χ1v) is 7.90. The third kappa shape index (κ3) is 2.85. The van der Waals surface area contributed by atoms with E-state index in [0.29, 0.717) is 19.6 Å². The Labute approximate surface area is 122 Å². The molecule has 1 heterocycles. The number of hydrogen-bond donors (Lipinski definition) is 1. The number of ether oxygens (including phenoxy) is 1. The van der Waals surface area contributed by atoms with Crippen LogP contribution in [0.4, 0.5) is 5.69 Å². The van der Waals surface area contributed by atoms with Crippen molar-refractivity contribution in [1.29, 1.82) is 0 Å². The molecule has 21 heavy (non-hydrogen) atoms. The molecule has 0 bridgehead atoms. The van der Waals surface area contributed by atoms with Crippen molar-refractivity contribution in [2.24, 2.45) is 0 Å². The summed E-state index contributed by atoms with van der Waals surface area (Å²) in [5.74, 6) is 0.0345. The summed E-state index contributed by atoms with van der Waals surface area (Å²) in [5.41, 5.74) is -0.360. The molecule has 2 rings (SSSR count). The van der Waals surface area contributed by atoms with E-state index in [4.69, 9.17) is 4.74 Å². The number of benzene rings is 1. The van der Waals surface area contributed by atoms with Gasteiger partial charge in [-0.2, -0.15) is 4.31 Å². The number of methoxy groups -OCH3 is 1. The molecular formula is C12H17N3O5S. The molecule has 1 aromatic rings. The third-order valence-electron chi connectivity index (χ3n) is 3.43. The van der Waals surface area contributed by atoms with E-state index in [-0.39, 0.29) is 22.4 Å². The van der Waals surface area contributed by atoms with Crippen LogP contribution in [0.25, 0.3) is 0 Å². The van der Waals surface area contributed by atoms with E-state index in [1.807, 2.05) is 0 Å². The molecule has 0 amide bonds. The normalized spacial score (nSPS) is 15.8. The predicted octanol–water partition coefficient (Wildman–Crippen LogP) is 0.586. The van der Waals surface area contributed by atoms with Gasteiger partial charge in [-0.05, 0) is 12.1 Å². The summed E-state index contributed by atoms with van der Waals surface area (Å²) < 4.78 is 31.5. The average molecular weight is 315 g/mol. The summed E-state index contributed by atoms with van der Waals surface area (Å²) in [6, 6.07) is 3.57. The van der Waals surface area contributed by atoms with E-state index in [1.165, 1.54) is 23.5 Å². The topological polar surface area (TPSA) is 102 Å². The molecule has 1 aromatic carbocycles. The molecular weight excluding hydrogens is 298 g/mol. The maximum atomic E-state index is 12.6. The second-order valence-corrected chi connectivity index (χ2v) is 6.50. The summed E-state index contributed by atoms with van der Waals surface area (Å²) in [7, 11) is -2.46. The zero-order valence-corrected chi connectivity index (χ0v) is 12.6. The Bertz CT molecular complexity index is 642. The molecule has 0 unspecified atom stereocenters. The fourth-order valence-corrected chi connectivity index (χ4v) is 3.86. The van der Waals surface area contributed by atoms with Gasteiger partial charge in [0.2, 0.25) is 10.0 Å². The minimum absolute atomic E-state index is 0.0345. The van der Waals surface area contributed by atoms with Gasteiger partial charge < -0.3 is 10.1 Å². The van der Waals surface area contributed by atoms with Crippen LogP contribution >= 0.6 is 0 Å². The van der Waals surface area contributed by atoms with Crippen LogP contribution in [-0.4, -0.2) is 50.4 Å². The van der Waals surface area contributed by atoms with Gasteiger partial charge in [-0.3, -0.25) is 10.1 Å². The van der Waals surface area contributed by atoms with Crippen LogP contribution in [0.15, 0.2) is 23.1 Å². The maximum absolute atomic E-state index is 12.6. The van der Waals surface area contributed by atoms with Gasteiger partial charge in [0.15, 0.2) is 5.75 Å². The lowest BCUT2D eigenvalue weighted by Gasteiger charge is -2.36. The molecule has 1 aliphatic heterocycles. The number of nitrogens with zero attached hydrogens (tertiary/aromatic N) is 2. The summed E-state index contributed by atoms with van der Waals surface area (Å²) in [6.45, 7) is 3.24. The standard InChI is InChI=1S/C12H17N3O5S/c1-3-14(9-7-13-8-9)21(18,19)10-4-5-12(20-2)11(6-10)15(16)17/h4-6,9,13H,3,7-8H2,1-2H3. The van der Waals surface area contributed by atoms with E-state index >= 15 is 0 Å². The average Bonchev–Trinajstić information content (AvgIpc) is 2.41. The quantitative estimate of drug-likeness (QED) is 0.609. The monoisotopic (exact) mass is 315 g/mol. The number of nitro groups is 1. The third-order valence-corrected chi connectivity index (χ3v) is 5.46. The minimum Gasteiger partial charge on any atom is -0.490 e. The molecule has 0 aliphatic carbocycles. The smallest absolute Gasteiger partial charge is 0.312 e. The molecule has 0 atom stereocenters. The molecule has 0 radical (unpaired) electrons. The van der Waals surface area contributed by atoms with E-state index < -0.39 is 14.9 Å². The van der Waals surface area contributed by atoms with Gasteiger partial charge in [-0.25, -0.2) is 8.42 Å². The van der Waals surface area contributed by atoms with E-state index in [2.05, 4.69) is 5.32 Å². The van der Waals surface area contributed by atoms with Crippen LogP contribution < -0.4 is 10.1 Å². The van der Waals surface area contributed by atoms with Crippen molar-refractivity contribution in [2.75, 3.05) is 26.7 Å². The van der Waals surface area contributed by atoms with Gasteiger partial charge in [-0.1, -0.05) is 6.92 Å². The second kappa shape index (κ2) is 5.96. The van der Waals surface area contributed by atoms with Crippen molar-refractivity contribution in [3.63, 3.8) is 0 Å². The lowest BCUT2D eigenvalue weighted by Crippen LogP contribution is -2.58. The van der Waals surface area contributed by atoms with Crippen molar-refractivity contribution >= 4 is 15.7 Å². The first kappa shape index (κ1) is 15.7. The van der Waals surface area contributed by atoms with Crippen LogP contribution in [0.1, 0.15) is 6.92 Å². The van der Waals surface area contributed by atoms with Crippen molar-refractivity contribution in [3.8, 4) is 5.75 Å². The lowest BCUT2D eigenvalue weighted by atomic mass is 10.2. The van der Waals surface area contributed by atoms with E-state index in [1.54, 1.807) is 6.92 Å². The van der Waals surface area contributed by atoms with Crippen LogP contribution in [-0.2, 0) is 10.0 Å². The van der Waals surface area contributed by atoms with Gasteiger partial charge in [-0.15, -0.1) is 0 Å². The fraction of sp³-hybridized carbons (Fsp3) is 0.500. The molecule has 9 heteroatoms. The van der Waals surface area contributed by atoms with E-state index in [0.717, 1.165) is 6.07 Å². The molecule has 1 saturated heterocycles. The highest BCUT2D eigenvalue weighted by atomic mass is 32.2. The molecule has 1 fully saturated rings. The summed E-state index contributed by atoms with van der Waals surface area (Å²) in [4.78, 5) is 10.3. The molecule has 116 valence electrons. The highest BCUT2D eigenvalue weighted by molar-refractivity contribution is 7.89. The summed E-state index contributed by atoms with van der Waals surface area (Å²) >= 11 is 0. The number of nitro benzene ring substituents is 1. The van der Waals surface area contributed by atoms with Gasteiger partial charge in [0, 0.05) is 31.7 Å². The van der Waals surface area contributed by atoms with Crippen LogP contribution in [0, 0.1) is 10.1 Å². The maximum Gasteiger partial charge on any atom is 0.312 e. The number of likely N-dealkylation sites (N-methyl/N-ethyl adjacent to an activating group) is 1. The molecule has 8 nitrogen and oxygen atoms in total.